The lowest BCUT2D eigenvalue weighted by molar-refractivity contribution is 0.0587. The molecule has 8 heteroatoms. The highest BCUT2D eigenvalue weighted by molar-refractivity contribution is 5.96. The first-order valence-corrected chi connectivity index (χ1v) is 6.46. The summed E-state index contributed by atoms with van der Waals surface area (Å²) in [6.07, 6.45) is -0.634. The van der Waals surface area contributed by atoms with Gasteiger partial charge in [0.1, 0.15) is 5.60 Å². The number of aromatic carboxylic acids is 1. The molecule has 22 heavy (non-hydrogen) atoms. The standard InChI is InChI=1S/C14H18N4O4/c1-8-10(12(19)20)6-9(16-17-15)7-11(8)18(5)13(21)22-14(2,3)4/h6-7H,1-5H3,(H,19,20). The number of hydrogen-bond acceptors (Lipinski definition) is 4. The van der Waals surface area contributed by atoms with Crippen molar-refractivity contribution in [1.29, 1.82) is 0 Å². The third-order valence-corrected chi connectivity index (χ3v) is 2.78. The Kier molecular flexibility index (Phi) is 5.01. The number of anilines is 1. The number of carbonyl (C=O) groups is 2. The molecule has 0 aliphatic heterocycles. The van der Waals surface area contributed by atoms with Crippen molar-refractivity contribution in [2.45, 2.75) is 33.3 Å². The second-order valence-corrected chi connectivity index (χ2v) is 5.67. The first kappa shape index (κ1) is 17.3. The van der Waals surface area contributed by atoms with Gasteiger partial charge in [-0.3, -0.25) is 4.90 Å². The van der Waals surface area contributed by atoms with Crippen LogP contribution in [0.15, 0.2) is 17.2 Å². The summed E-state index contributed by atoms with van der Waals surface area (Å²) in [5.74, 6) is -1.17. The van der Waals surface area contributed by atoms with Gasteiger partial charge in [-0.15, -0.1) is 0 Å². The molecular formula is C14H18N4O4. The van der Waals surface area contributed by atoms with Gasteiger partial charge in [0, 0.05) is 17.6 Å². The summed E-state index contributed by atoms with van der Waals surface area (Å²) in [4.78, 5) is 27.2. The summed E-state index contributed by atoms with van der Waals surface area (Å²) in [6, 6.07) is 2.69. The van der Waals surface area contributed by atoms with E-state index >= 15 is 0 Å². The van der Waals surface area contributed by atoms with Crippen molar-refractivity contribution < 1.29 is 19.4 Å². The maximum Gasteiger partial charge on any atom is 0.414 e. The number of benzene rings is 1. The van der Waals surface area contributed by atoms with E-state index < -0.39 is 17.7 Å². The molecule has 0 aliphatic rings. The molecule has 0 fully saturated rings. The average molecular weight is 306 g/mol. The average Bonchev–Trinajstić information content (AvgIpc) is 2.37. The molecule has 1 amide bonds. The van der Waals surface area contributed by atoms with Gasteiger partial charge in [-0.25, -0.2) is 9.59 Å². The van der Waals surface area contributed by atoms with E-state index in [0.717, 1.165) is 0 Å². The Morgan fingerprint density at radius 1 is 1.36 bits per heavy atom. The Balaban J connectivity index is 3.36. The summed E-state index contributed by atoms with van der Waals surface area (Å²) in [5, 5.41) is 12.6. The zero-order valence-corrected chi connectivity index (χ0v) is 13.1. The summed E-state index contributed by atoms with van der Waals surface area (Å²) in [7, 11) is 1.46. The molecule has 0 radical (unpaired) electrons. The highest BCUT2D eigenvalue weighted by Crippen LogP contribution is 2.30. The van der Waals surface area contributed by atoms with Gasteiger partial charge in [-0.05, 0) is 50.9 Å². The summed E-state index contributed by atoms with van der Waals surface area (Å²) in [5.41, 5.74) is 8.57. The van der Waals surface area contributed by atoms with Crippen LogP contribution in [0.5, 0.6) is 0 Å². The maximum absolute atomic E-state index is 12.1. The molecule has 0 aromatic heterocycles. The van der Waals surface area contributed by atoms with Gasteiger partial charge in [0.05, 0.1) is 11.3 Å². The van der Waals surface area contributed by atoms with Crippen molar-refractivity contribution in [3.05, 3.63) is 33.7 Å². The van der Waals surface area contributed by atoms with E-state index in [1.807, 2.05) is 0 Å². The molecule has 0 bridgehead atoms. The van der Waals surface area contributed by atoms with E-state index in [9.17, 15) is 14.7 Å². The van der Waals surface area contributed by atoms with Gasteiger partial charge in [-0.1, -0.05) is 5.11 Å². The number of carboxylic acids is 1. The lowest BCUT2D eigenvalue weighted by Gasteiger charge is -2.26. The van der Waals surface area contributed by atoms with Gasteiger partial charge in [0.2, 0.25) is 0 Å². The predicted molar refractivity (Wildman–Crippen MR) is 81.6 cm³/mol. The summed E-state index contributed by atoms with van der Waals surface area (Å²) in [6.45, 7) is 6.75. The second-order valence-electron chi connectivity index (χ2n) is 5.67. The molecule has 1 N–H and O–H groups in total. The second kappa shape index (κ2) is 6.36. The third kappa shape index (κ3) is 4.13. The molecule has 1 aromatic carbocycles. The number of carbonyl (C=O) groups excluding carboxylic acids is 1. The number of rotatable bonds is 3. The van der Waals surface area contributed by atoms with Crippen LogP contribution in [0.25, 0.3) is 10.4 Å². The van der Waals surface area contributed by atoms with Crippen LogP contribution in [0.1, 0.15) is 36.7 Å². The lowest BCUT2D eigenvalue weighted by Crippen LogP contribution is -2.34. The molecule has 0 saturated carbocycles. The highest BCUT2D eigenvalue weighted by atomic mass is 16.6. The van der Waals surface area contributed by atoms with Gasteiger partial charge in [0.25, 0.3) is 0 Å². The van der Waals surface area contributed by atoms with Crippen molar-refractivity contribution in [3.63, 3.8) is 0 Å². The Morgan fingerprint density at radius 3 is 2.41 bits per heavy atom. The van der Waals surface area contributed by atoms with E-state index in [1.54, 1.807) is 27.7 Å². The summed E-state index contributed by atoms with van der Waals surface area (Å²) < 4.78 is 5.25. The van der Waals surface area contributed by atoms with Gasteiger partial charge in [-0.2, -0.15) is 0 Å². The molecule has 118 valence electrons. The van der Waals surface area contributed by atoms with E-state index in [-0.39, 0.29) is 11.3 Å². The SMILES string of the molecule is Cc1c(C(=O)O)cc(N=[N+]=[N-])cc1N(C)C(=O)OC(C)(C)C. The molecule has 0 spiro atoms. The number of azide groups is 1. The molecule has 8 nitrogen and oxygen atoms in total. The highest BCUT2D eigenvalue weighted by Gasteiger charge is 2.23. The Morgan fingerprint density at radius 2 is 1.95 bits per heavy atom. The van der Waals surface area contributed by atoms with E-state index in [1.165, 1.54) is 24.1 Å². The van der Waals surface area contributed by atoms with Crippen LogP contribution >= 0.6 is 0 Å². The Labute approximate surface area is 127 Å². The number of carboxylic acid groups (broad SMARTS) is 1. The van der Waals surface area contributed by atoms with Crippen molar-refractivity contribution in [2.24, 2.45) is 5.11 Å². The first-order valence-electron chi connectivity index (χ1n) is 6.46. The number of ether oxygens (including phenoxy) is 1. The van der Waals surface area contributed by atoms with E-state index in [0.29, 0.717) is 11.3 Å². The van der Waals surface area contributed by atoms with Crippen molar-refractivity contribution >= 4 is 23.4 Å². The van der Waals surface area contributed by atoms with Crippen molar-refractivity contribution in [1.82, 2.24) is 0 Å². The molecule has 0 unspecified atom stereocenters. The molecule has 0 aliphatic carbocycles. The topological polar surface area (TPSA) is 116 Å². The minimum absolute atomic E-state index is 0.0460. The van der Waals surface area contributed by atoms with Crippen molar-refractivity contribution in [3.8, 4) is 0 Å². The van der Waals surface area contributed by atoms with Crippen molar-refractivity contribution in [2.75, 3.05) is 11.9 Å². The maximum atomic E-state index is 12.1. The molecule has 0 saturated heterocycles. The zero-order valence-electron chi connectivity index (χ0n) is 13.1. The molecular weight excluding hydrogens is 288 g/mol. The predicted octanol–water partition coefficient (Wildman–Crippen LogP) is 4.01. The number of hydrogen-bond donors (Lipinski definition) is 1. The monoisotopic (exact) mass is 306 g/mol. The minimum Gasteiger partial charge on any atom is -0.478 e. The largest absolute Gasteiger partial charge is 0.478 e. The van der Waals surface area contributed by atoms with Crippen LogP contribution in [0.4, 0.5) is 16.2 Å². The van der Waals surface area contributed by atoms with Gasteiger partial charge < -0.3 is 9.84 Å². The smallest absolute Gasteiger partial charge is 0.414 e. The van der Waals surface area contributed by atoms with Crippen LogP contribution in [-0.2, 0) is 4.74 Å². The number of amides is 1. The third-order valence-electron chi connectivity index (χ3n) is 2.78. The van der Waals surface area contributed by atoms with Crippen LogP contribution in [0, 0.1) is 6.92 Å². The minimum atomic E-state index is -1.17. The van der Waals surface area contributed by atoms with Gasteiger partial charge >= 0.3 is 12.1 Å². The summed E-state index contributed by atoms with van der Waals surface area (Å²) >= 11 is 0. The fourth-order valence-electron chi connectivity index (χ4n) is 1.79. The lowest BCUT2D eigenvalue weighted by atomic mass is 10.0. The van der Waals surface area contributed by atoms with E-state index in [4.69, 9.17) is 10.3 Å². The number of nitrogens with zero attached hydrogens (tertiary/aromatic N) is 4. The van der Waals surface area contributed by atoms with Crippen LogP contribution in [-0.4, -0.2) is 29.8 Å². The Bertz CT molecular complexity index is 658. The normalized spacial score (nSPS) is 10.6. The van der Waals surface area contributed by atoms with Crippen LogP contribution in [0.3, 0.4) is 0 Å². The molecule has 1 rings (SSSR count). The fourth-order valence-corrected chi connectivity index (χ4v) is 1.79. The molecule has 0 atom stereocenters. The van der Waals surface area contributed by atoms with Gasteiger partial charge in [0.15, 0.2) is 0 Å². The van der Waals surface area contributed by atoms with Crippen LogP contribution in [0.2, 0.25) is 0 Å². The molecule has 0 heterocycles. The fraction of sp³-hybridized carbons (Fsp3) is 0.429. The molecule has 1 aromatic rings. The quantitative estimate of drug-likeness (QED) is 0.516. The van der Waals surface area contributed by atoms with Crippen LogP contribution < -0.4 is 4.90 Å². The first-order chi connectivity index (χ1) is 10.1. The zero-order chi connectivity index (χ0) is 17.1. The van der Waals surface area contributed by atoms with E-state index in [2.05, 4.69) is 10.0 Å². The Hall–Kier alpha value is -2.73.